The van der Waals surface area contributed by atoms with Crippen LogP contribution in [-0.4, -0.2) is 26.4 Å². The highest BCUT2D eigenvalue weighted by atomic mass is 35.5. The molecule has 2 nitrogen and oxygen atoms in total. The Kier molecular flexibility index (Phi) is 3.95. The molecule has 108 valence electrons. The topological polar surface area (TPSA) is 17.8 Å². The van der Waals surface area contributed by atoms with E-state index in [-0.39, 0.29) is 5.82 Å². The van der Waals surface area contributed by atoms with Gasteiger partial charge in [0.15, 0.2) is 0 Å². The van der Waals surface area contributed by atoms with Crippen molar-refractivity contribution in [3.8, 4) is 0 Å². The largest absolute Gasteiger partial charge is 0.327 e. The molecule has 0 N–H and O–H groups in total. The van der Waals surface area contributed by atoms with Crippen LogP contribution >= 0.6 is 23.4 Å². The summed E-state index contributed by atoms with van der Waals surface area (Å²) in [6.45, 7) is 0.947. The van der Waals surface area contributed by atoms with Gasteiger partial charge in [0, 0.05) is 29.7 Å². The van der Waals surface area contributed by atoms with E-state index >= 15 is 0 Å². The lowest BCUT2D eigenvalue weighted by Crippen LogP contribution is -2.38. The van der Waals surface area contributed by atoms with Crippen LogP contribution in [0.1, 0.15) is 25.1 Å². The van der Waals surface area contributed by atoms with Crippen LogP contribution in [0.25, 0.3) is 11.0 Å². The normalized spacial score (nSPS) is 17.4. The summed E-state index contributed by atoms with van der Waals surface area (Å²) in [5.74, 6) is 1.28. The third-order valence-electron chi connectivity index (χ3n) is 4.25. The van der Waals surface area contributed by atoms with Crippen LogP contribution in [0, 0.1) is 5.82 Å². The van der Waals surface area contributed by atoms with Gasteiger partial charge in [0.1, 0.15) is 11.6 Å². The molecule has 1 saturated carbocycles. The van der Waals surface area contributed by atoms with Crippen molar-refractivity contribution < 1.29 is 4.39 Å². The Balaban J connectivity index is 2.04. The van der Waals surface area contributed by atoms with E-state index in [2.05, 4.69) is 15.8 Å². The Hall–Kier alpha value is -0.740. The zero-order valence-corrected chi connectivity index (χ0v) is 13.1. The number of rotatable bonds is 5. The Morgan fingerprint density at radius 2 is 2.25 bits per heavy atom. The fourth-order valence-electron chi connectivity index (χ4n) is 2.89. The van der Waals surface area contributed by atoms with E-state index < -0.39 is 0 Å². The Bertz CT molecular complexity index is 616. The number of imidazole rings is 1. The molecule has 5 heteroatoms. The minimum absolute atomic E-state index is 0.234. The van der Waals surface area contributed by atoms with Crippen molar-refractivity contribution in [2.75, 3.05) is 12.1 Å². The van der Waals surface area contributed by atoms with E-state index in [1.165, 1.54) is 31.4 Å². The number of nitrogens with zero attached hydrogens (tertiary/aromatic N) is 2. The maximum Gasteiger partial charge on any atom is 0.125 e. The first-order valence-electron chi connectivity index (χ1n) is 6.93. The molecule has 1 fully saturated rings. The molecule has 0 aliphatic heterocycles. The van der Waals surface area contributed by atoms with Gasteiger partial charge >= 0.3 is 0 Å². The fourth-order valence-corrected chi connectivity index (χ4v) is 4.01. The lowest BCUT2D eigenvalue weighted by molar-refractivity contribution is 0.322. The average Bonchev–Trinajstić information content (AvgIpc) is 2.71. The van der Waals surface area contributed by atoms with Crippen molar-refractivity contribution in [1.82, 2.24) is 9.55 Å². The number of halogens is 2. The Labute approximate surface area is 127 Å². The second kappa shape index (κ2) is 5.57. The van der Waals surface area contributed by atoms with E-state index in [4.69, 9.17) is 11.6 Å². The number of benzene rings is 1. The molecule has 0 unspecified atom stereocenters. The molecule has 1 heterocycles. The molecule has 0 bridgehead atoms. The SMILES string of the molecule is CSC1(Cn2c(CCCl)nc3cc(F)ccc32)CCC1. The molecule has 20 heavy (non-hydrogen) atoms. The lowest BCUT2D eigenvalue weighted by atomic mass is 9.84. The van der Waals surface area contributed by atoms with E-state index in [9.17, 15) is 4.39 Å². The molecule has 1 aliphatic rings. The predicted molar refractivity (Wildman–Crippen MR) is 84.2 cm³/mol. The molecule has 3 rings (SSSR count). The van der Waals surface area contributed by atoms with E-state index in [1.807, 2.05) is 17.8 Å². The average molecular weight is 313 g/mol. The summed E-state index contributed by atoms with van der Waals surface area (Å²) >= 11 is 7.83. The molecule has 1 aromatic carbocycles. The van der Waals surface area contributed by atoms with Crippen LogP contribution in [0.2, 0.25) is 0 Å². The number of aromatic nitrogens is 2. The molecule has 1 aliphatic carbocycles. The lowest BCUT2D eigenvalue weighted by Gasteiger charge is -2.41. The molecular weight excluding hydrogens is 295 g/mol. The summed E-state index contributed by atoms with van der Waals surface area (Å²) in [7, 11) is 0. The Morgan fingerprint density at radius 1 is 1.45 bits per heavy atom. The maximum absolute atomic E-state index is 13.4. The smallest absolute Gasteiger partial charge is 0.125 e. The molecule has 0 spiro atoms. The second-order valence-corrected chi connectivity index (χ2v) is 7.08. The zero-order chi connectivity index (χ0) is 14.2. The van der Waals surface area contributed by atoms with Crippen LogP contribution in [-0.2, 0) is 13.0 Å². The number of hydrogen-bond donors (Lipinski definition) is 0. The maximum atomic E-state index is 13.4. The van der Waals surface area contributed by atoms with Gasteiger partial charge in [-0.3, -0.25) is 0 Å². The third kappa shape index (κ3) is 2.44. The van der Waals surface area contributed by atoms with Crippen LogP contribution in [0.15, 0.2) is 18.2 Å². The summed E-state index contributed by atoms with van der Waals surface area (Å²) in [4.78, 5) is 4.57. The summed E-state index contributed by atoms with van der Waals surface area (Å²) in [5.41, 5.74) is 1.76. The van der Waals surface area contributed by atoms with Crippen LogP contribution < -0.4 is 0 Å². The standard InChI is InChI=1S/C15H18ClFN2S/c1-20-15(6-2-7-15)10-19-13-4-3-11(17)9-12(13)18-14(19)5-8-16/h3-4,9H,2,5-8,10H2,1H3. The van der Waals surface area contributed by atoms with Gasteiger partial charge in [-0.15, -0.1) is 11.6 Å². The van der Waals surface area contributed by atoms with Gasteiger partial charge in [0.05, 0.1) is 11.0 Å². The van der Waals surface area contributed by atoms with Gasteiger partial charge in [0.2, 0.25) is 0 Å². The molecule has 0 radical (unpaired) electrons. The van der Waals surface area contributed by atoms with Crippen molar-refractivity contribution in [3.63, 3.8) is 0 Å². The highest BCUT2D eigenvalue weighted by molar-refractivity contribution is 8.00. The van der Waals surface area contributed by atoms with Crippen molar-refractivity contribution in [3.05, 3.63) is 29.8 Å². The molecule has 0 saturated heterocycles. The molecule has 0 amide bonds. The quantitative estimate of drug-likeness (QED) is 0.768. The second-order valence-electron chi connectivity index (χ2n) is 5.43. The van der Waals surface area contributed by atoms with E-state index in [1.54, 1.807) is 0 Å². The van der Waals surface area contributed by atoms with Crippen LogP contribution in [0.4, 0.5) is 4.39 Å². The monoisotopic (exact) mass is 312 g/mol. The van der Waals surface area contributed by atoms with Crippen molar-refractivity contribution >= 4 is 34.4 Å². The summed E-state index contributed by atoms with van der Waals surface area (Å²) in [6, 6.07) is 4.86. The van der Waals surface area contributed by atoms with Crippen LogP contribution in [0.5, 0.6) is 0 Å². The molecule has 2 aromatic rings. The highest BCUT2D eigenvalue weighted by Crippen LogP contribution is 2.44. The van der Waals surface area contributed by atoms with Gasteiger partial charge in [0.25, 0.3) is 0 Å². The number of aryl methyl sites for hydroxylation is 1. The molecule has 1 aromatic heterocycles. The van der Waals surface area contributed by atoms with Gasteiger partial charge < -0.3 is 4.57 Å². The number of alkyl halides is 1. The minimum atomic E-state index is -0.234. The van der Waals surface area contributed by atoms with Crippen molar-refractivity contribution in [2.24, 2.45) is 0 Å². The van der Waals surface area contributed by atoms with Gasteiger partial charge in [-0.1, -0.05) is 6.42 Å². The first-order valence-corrected chi connectivity index (χ1v) is 8.69. The summed E-state index contributed by atoms with van der Waals surface area (Å²) < 4.78 is 15.9. The first-order chi connectivity index (χ1) is 9.67. The van der Waals surface area contributed by atoms with Gasteiger partial charge in [-0.25, -0.2) is 9.37 Å². The van der Waals surface area contributed by atoms with Crippen molar-refractivity contribution in [2.45, 2.75) is 37.0 Å². The van der Waals surface area contributed by atoms with E-state index in [0.717, 1.165) is 29.8 Å². The fraction of sp³-hybridized carbons (Fsp3) is 0.533. The van der Waals surface area contributed by atoms with Crippen LogP contribution in [0.3, 0.4) is 0 Å². The minimum Gasteiger partial charge on any atom is -0.327 e. The van der Waals surface area contributed by atoms with Gasteiger partial charge in [-0.2, -0.15) is 11.8 Å². The summed E-state index contributed by atoms with van der Waals surface area (Å²) in [6.07, 6.45) is 6.69. The highest BCUT2D eigenvalue weighted by Gasteiger charge is 2.37. The number of fused-ring (bicyclic) bond motifs is 1. The number of thioether (sulfide) groups is 1. The molecule has 0 atom stereocenters. The first kappa shape index (κ1) is 14.2. The predicted octanol–water partition coefficient (Wildman–Crippen LogP) is 4.24. The van der Waals surface area contributed by atoms with E-state index in [0.29, 0.717) is 10.6 Å². The number of hydrogen-bond acceptors (Lipinski definition) is 2. The Morgan fingerprint density at radius 3 is 2.85 bits per heavy atom. The van der Waals surface area contributed by atoms with Crippen molar-refractivity contribution in [1.29, 1.82) is 0 Å². The zero-order valence-electron chi connectivity index (χ0n) is 11.5. The third-order valence-corrected chi connectivity index (χ3v) is 5.84. The summed E-state index contributed by atoms with van der Waals surface area (Å²) in [5, 5.41) is 0. The molecular formula is C15H18ClFN2S. The van der Waals surface area contributed by atoms with Gasteiger partial charge in [-0.05, 0) is 31.2 Å².